The summed E-state index contributed by atoms with van der Waals surface area (Å²) < 4.78 is 0. The van der Waals surface area contributed by atoms with Gasteiger partial charge in [0.2, 0.25) is 0 Å². The molecule has 0 saturated carbocycles. The highest BCUT2D eigenvalue weighted by molar-refractivity contribution is 4.89. The summed E-state index contributed by atoms with van der Waals surface area (Å²) in [6, 6.07) is 0. The highest BCUT2D eigenvalue weighted by atomic mass is 14.7. The van der Waals surface area contributed by atoms with Gasteiger partial charge in [-0.05, 0) is 38.6 Å². The molecule has 0 saturated heterocycles. The molecule has 0 radical (unpaired) electrons. The van der Waals surface area contributed by atoms with Crippen molar-refractivity contribution in [2.75, 3.05) is 6.54 Å². The molecule has 0 fully saturated rings. The molecule has 0 atom stereocenters. The van der Waals surface area contributed by atoms with Gasteiger partial charge in [0.15, 0.2) is 0 Å². The minimum atomic E-state index is -0.0753. The third-order valence-corrected chi connectivity index (χ3v) is 4.25. The maximum Gasteiger partial charge on any atom is 0.0148 e. The van der Waals surface area contributed by atoms with Crippen molar-refractivity contribution in [1.82, 2.24) is 0 Å². The van der Waals surface area contributed by atoms with Crippen LogP contribution in [0.1, 0.15) is 79.1 Å². The largest absolute Gasteiger partial charge is 0.330 e. The van der Waals surface area contributed by atoms with Crippen LogP contribution in [0.4, 0.5) is 0 Å². The van der Waals surface area contributed by atoms with Gasteiger partial charge in [0, 0.05) is 5.54 Å². The summed E-state index contributed by atoms with van der Waals surface area (Å²) in [5.74, 6) is 0. The number of hydrogen-bond acceptors (Lipinski definition) is 2. The van der Waals surface area contributed by atoms with Crippen molar-refractivity contribution in [1.29, 1.82) is 0 Å². The number of hydrogen-bond donors (Lipinski definition) is 2. The standard InChI is InChI=1S/C15H34N2/c1-14(2,15(3,4)17)12-10-8-6-5-7-9-11-13-16/h5-13,16-17H2,1-4H3. The van der Waals surface area contributed by atoms with Gasteiger partial charge >= 0.3 is 0 Å². The molecular weight excluding hydrogens is 208 g/mol. The van der Waals surface area contributed by atoms with E-state index in [1.807, 2.05) is 0 Å². The Bertz CT molecular complexity index is 180. The Morgan fingerprint density at radius 3 is 1.53 bits per heavy atom. The second kappa shape index (κ2) is 8.10. The molecule has 0 bridgehead atoms. The lowest BCUT2D eigenvalue weighted by Gasteiger charge is -2.38. The molecule has 2 nitrogen and oxygen atoms in total. The number of nitrogens with two attached hydrogens (primary N) is 2. The van der Waals surface area contributed by atoms with E-state index in [0.29, 0.717) is 0 Å². The summed E-state index contributed by atoms with van der Waals surface area (Å²) >= 11 is 0. The molecule has 0 aromatic carbocycles. The maximum atomic E-state index is 6.20. The highest BCUT2D eigenvalue weighted by Crippen LogP contribution is 2.33. The molecule has 17 heavy (non-hydrogen) atoms. The summed E-state index contributed by atoms with van der Waals surface area (Å²) in [7, 11) is 0. The van der Waals surface area contributed by atoms with Gasteiger partial charge in [0.1, 0.15) is 0 Å². The molecular formula is C15H34N2. The summed E-state index contributed by atoms with van der Waals surface area (Å²) in [5, 5.41) is 0. The summed E-state index contributed by atoms with van der Waals surface area (Å²) in [6.45, 7) is 9.70. The van der Waals surface area contributed by atoms with Crippen molar-refractivity contribution in [2.45, 2.75) is 84.6 Å². The molecule has 0 aromatic heterocycles. The van der Waals surface area contributed by atoms with Gasteiger partial charge in [-0.1, -0.05) is 52.4 Å². The summed E-state index contributed by atoms with van der Waals surface area (Å²) in [5.41, 5.74) is 11.8. The van der Waals surface area contributed by atoms with Gasteiger partial charge in [-0.2, -0.15) is 0 Å². The van der Waals surface area contributed by atoms with Crippen molar-refractivity contribution in [3.05, 3.63) is 0 Å². The average Bonchev–Trinajstić information content (AvgIpc) is 2.20. The number of rotatable bonds is 10. The van der Waals surface area contributed by atoms with E-state index in [1.165, 1.54) is 51.4 Å². The van der Waals surface area contributed by atoms with E-state index < -0.39 is 0 Å². The minimum Gasteiger partial charge on any atom is -0.330 e. The van der Waals surface area contributed by atoms with Gasteiger partial charge < -0.3 is 11.5 Å². The van der Waals surface area contributed by atoms with Crippen LogP contribution in [-0.4, -0.2) is 12.1 Å². The molecule has 104 valence electrons. The Labute approximate surface area is 109 Å². The molecule has 0 amide bonds. The second-order valence-corrected chi connectivity index (χ2v) is 6.62. The highest BCUT2D eigenvalue weighted by Gasteiger charge is 2.32. The van der Waals surface area contributed by atoms with Crippen LogP contribution in [-0.2, 0) is 0 Å². The predicted molar refractivity (Wildman–Crippen MR) is 78.0 cm³/mol. The van der Waals surface area contributed by atoms with Crippen molar-refractivity contribution in [3.63, 3.8) is 0 Å². The van der Waals surface area contributed by atoms with Crippen LogP contribution >= 0.6 is 0 Å². The van der Waals surface area contributed by atoms with E-state index in [4.69, 9.17) is 11.5 Å². The topological polar surface area (TPSA) is 52.0 Å². The van der Waals surface area contributed by atoms with Crippen LogP contribution in [0.5, 0.6) is 0 Å². The van der Waals surface area contributed by atoms with Gasteiger partial charge in [-0.25, -0.2) is 0 Å². The van der Waals surface area contributed by atoms with Crippen molar-refractivity contribution in [2.24, 2.45) is 16.9 Å². The van der Waals surface area contributed by atoms with Crippen LogP contribution in [0.3, 0.4) is 0 Å². The van der Waals surface area contributed by atoms with Gasteiger partial charge in [0.05, 0.1) is 0 Å². The molecule has 0 aliphatic carbocycles. The van der Waals surface area contributed by atoms with E-state index in [9.17, 15) is 0 Å². The van der Waals surface area contributed by atoms with Crippen LogP contribution in [0.25, 0.3) is 0 Å². The molecule has 0 unspecified atom stereocenters. The fraction of sp³-hybridized carbons (Fsp3) is 1.00. The van der Waals surface area contributed by atoms with Crippen LogP contribution in [0.2, 0.25) is 0 Å². The first kappa shape index (κ1) is 16.9. The molecule has 0 rings (SSSR count). The van der Waals surface area contributed by atoms with Crippen molar-refractivity contribution >= 4 is 0 Å². The normalized spacial score (nSPS) is 13.1. The Balaban J connectivity index is 3.46. The Hall–Kier alpha value is -0.0800. The molecule has 0 heterocycles. The first-order valence-corrected chi connectivity index (χ1v) is 7.30. The minimum absolute atomic E-state index is 0.0753. The lowest BCUT2D eigenvalue weighted by molar-refractivity contribution is 0.180. The molecule has 4 N–H and O–H groups in total. The Morgan fingerprint density at radius 1 is 0.706 bits per heavy atom. The first-order valence-electron chi connectivity index (χ1n) is 7.30. The third kappa shape index (κ3) is 7.77. The number of unbranched alkanes of at least 4 members (excludes halogenated alkanes) is 6. The Morgan fingerprint density at radius 2 is 1.12 bits per heavy atom. The zero-order chi connectivity index (χ0) is 13.4. The smallest absolute Gasteiger partial charge is 0.0148 e. The zero-order valence-electron chi connectivity index (χ0n) is 12.5. The van der Waals surface area contributed by atoms with Gasteiger partial charge in [0.25, 0.3) is 0 Å². The first-order chi connectivity index (χ1) is 7.81. The Kier molecular flexibility index (Phi) is 8.06. The third-order valence-electron chi connectivity index (χ3n) is 4.25. The fourth-order valence-corrected chi connectivity index (χ4v) is 1.92. The molecule has 0 spiro atoms. The lowest BCUT2D eigenvalue weighted by Crippen LogP contribution is -2.47. The average molecular weight is 242 g/mol. The molecule has 0 aliphatic heterocycles. The fourth-order valence-electron chi connectivity index (χ4n) is 1.92. The predicted octanol–water partition coefficient (Wildman–Crippen LogP) is 3.83. The monoisotopic (exact) mass is 242 g/mol. The van der Waals surface area contributed by atoms with E-state index in [2.05, 4.69) is 27.7 Å². The molecule has 0 aliphatic rings. The molecule has 0 aromatic rings. The molecule has 2 heteroatoms. The maximum absolute atomic E-state index is 6.20. The van der Waals surface area contributed by atoms with Crippen LogP contribution in [0.15, 0.2) is 0 Å². The van der Waals surface area contributed by atoms with Crippen LogP contribution in [0, 0.1) is 5.41 Å². The SMILES string of the molecule is CC(C)(N)C(C)(C)CCCCCCCCCN. The van der Waals surface area contributed by atoms with E-state index in [1.54, 1.807) is 0 Å². The second-order valence-electron chi connectivity index (χ2n) is 6.62. The van der Waals surface area contributed by atoms with E-state index in [0.717, 1.165) is 6.54 Å². The van der Waals surface area contributed by atoms with Crippen molar-refractivity contribution in [3.8, 4) is 0 Å². The summed E-state index contributed by atoms with van der Waals surface area (Å²) in [4.78, 5) is 0. The van der Waals surface area contributed by atoms with E-state index >= 15 is 0 Å². The lowest BCUT2D eigenvalue weighted by atomic mass is 9.72. The van der Waals surface area contributed by atoms with E-state index in [-0.39, 0.29) is 11.0 Å². The van der Waals surface area contributed by atoms with Crippen LogP contribution < -0.4 is 11.5 Å². The van der Waals surface area contributed by atoms with Crippen molar-refractivity contribution < 1.29 is 0 Å². The zero-order valence-corrected chi connectivity index (χ0v) is 12.5. The summed E-state index contributed by atoms with van der Waals surface area (Å²) in [6.07, 6.45) is 10.5. The van der Waals surface area contributed by atoms with Gasteiger partial charge in [-0.3, -0.25) is 0 Å². The van der Waals surface area contributed by atoms with Gasteiger partial charge in [-0.15, -0.1) is 0 Å². The quantitative estimate of drug-likeness (QED) is 0.572.